The van der Waals surface area contributed by atoms with Gasteiger partial charge in [0.15, 0.2) is 16.8 Å². The summed E-state index contributed by atoms with van der Waals surface area (Å²) in [7, 11) is 0. The second-order valence-electron chi connectivity index (χ2n) is 5.35. The molecule has 0 aliphatic carbocycles. The summed E-state index contributed by atoms with van der Waals surface area (Å²) in [4.78, 5) is 12.5. The van der Waals surface area contributed by atoms with Crippen molar-refractivity contribution in [2.24, 2.45) is 0 Å². The summed E-state index contributed by atoms with van der Waals surface area (Å²) in [5, 5.41) is 6.33. The molecule has 0 saturated heterocycles. The Morgan fingerprint density at radius 2 is 1.73 bits per heavy atom. The highest BCUT2D eigenvalue weighted by molar-refractivity contribution is 7.22. The molecule has 0 atom stereocenters. The van der Waals surface area contributed by atoms with Crippen LogP contribution in [0.3, 0.4) is 0 Å². The van der Waals surface area contributed by atoms with E-state index in [1.54, 1.807) is 0 Å². The van der Waals surface area contributed by atoms with Gasteiger partial charge in [-0.05, 0) is 24.3 Å². The van der Waals surface area contributed by atoms with Crippen molar-refractivity contribution in [1.82, 2.24) is 15.0 Å². The Bertz CT molecular complexity index is 1060. The third-order valence-electron chi connectivity index (χ3n) is 3.58. The van der Waals surface area contributed by atoms with Crippen molar-refractivity contribution in [2.75, 3.05) is 16.4 Å². The first-order chi connectivity index (χ1) is 12.6. The summed E-state index contributed by atoms with van der Waals surface area (Å²) < 4.78 is 28.2. The second-order valence-corrected chi connectivity index (χ2v) is 6.38. The lowest BCUT2D eigenvalue weighted by Gasteiger charge is -2.12. The van der Waals surface area contributed by atoms with Crippen LogP contribution in [0.25, 0.3) is 10.2 Å². The topological polar surface area (TPSA) is 88.8 Å². The number of anilines is 5. The molecule has 130 valence electrons. The Morgan fingerprint density at radius 3 is 2.54 bits per heavy atom. The molecule has 0 unspecified atom stereocenters. The monoisotopic (exact) mass is 370 g/mol. The van der Waals surface area contributed by atoms with Crippen molar-refractivity contribution >= 4 is 49.7 Å². The van der Waals surface area contributed by atoms with Crippen LogP contribution in [0.5, 0.6) is 0 Å². The maximum absolute atomic E-state index is 13.8. The predicted octanol–water partition coefficient (Wildman–Crippen LogP) is 4.43. The number of thiazole rings is 1. The fourth-order valence-corrected chi connectivity index (χ4v) is 3.21. The summed E-state index contributed by atoms with van der Waals surface area (Å²) in [6.07, 6.45) is 1.27. The molecule has 9 heteroatoms. The molecular weight excluding hydrogens is 358 g/mol. The van der Waals surface area contributed by atoms with Crippen molar-refractivity contribution in [3.8, 4) is 0 Å². The Hall–Kier alpha value is -3.33. The molecule has 2 aromatic heterocycles. The lowest BCUT2D eigenvalue weighted by molar-refractivity contribution is 0.603. The van der Waals surface area contributed by atoms with Crippen LogP contribution < -0.4 is 16.4 Å². The summed E-state index contributed by atoms with van der Waals surface area (Å²) >= 11 is 1.45. The molecule has 0 aliphatic rings. The number of nitrogens with zero attached hydrogens (tertiary/aromatic N) is 3. The van der Waals surface area contributed by atoms with E-state index in [0.717, 1.165) is 28.4 Å². The lowest BCUT2D eigenvalue weighted by atomic mass is 10.3. The van der Waals surface area contributed by atoms with Gasteiger partial charge >= 0.3 is 0 Å². The fraction of sp³-hybridized carbons (Fsp3) is 0. The summed E-state index contributed by atoms with van der Waals surface area (Å²) in [5.41, 5.74) is 7.02. The molecule has 0 bridgehead atoms. The van der Waals surface area contributed by atoms with Gasteiger partial charge in [0.1, 0.15) is 23.6 Å². The van der Waals surface area contributed by atoms with E-state index in [1.165, 1.54) is 17.7 Å². The van der Waals surface area contributed by atoms with Gasteiger partial charge in [0, 0.05) is 6.07 Å². The number of aromatic nitrogens is 3. The zero-order chi connectivity index (χ0) is 18.1. The highest BCUT2D eigenvalue weighted by atomic mass is 32.1. The Morgan fingerprint density at radius 1 is 0.962 bits per heavy atom. The molecule has 0 amide bonds. The quantitative estimate of drug-likeness (QED) is 0.492. The third kappa shape index (κ3) is 3.11. The first-order valence-electron chi connectivity index (χ1n) is 7.55. The van der Waals surface area contributed by atoms with Gasteiger partial charge in [0.05, 0.1) is 15.9 Å². The number of para-hydroxylation sites is 1. The van der Waals surface area contributed by atoms with Gasteiger partial charge in [0.25, 0.3) is 0 Å². The summed E-state index contributed by atoms with van der Waals surface area (Å²) in [5.74, 6) is -0.717. The van der Waals surface area contributed by atoms with E-state index >= 15 is 0 Å². The lowest BCUT2D eigenvalue weighted by Crippen LogP contribution is -2.06. The van der Waals surface area contributed by atoms with Crippen LogP contribution in [-0.4, -0.2) is 15.0 Å². The van der Waals surface area contributed by atoms with Crippen LogP contribution in [0.2, 0.25) is 0 Å². The highest BCUT2D eigenvalue weighted by Crippen LogP contribution is 2.32. The number of benzene rings is 2. The van der Waals surface area contributed by atoms with E-state index in [9.17, 15) is 8.78 Å². The van der Waals surface area contributed by atoms with Crippen molar-refractivity contribution in [2.45, 2.75) is 0 Å². The van der Waals surface area contributed by atoms with E-state index < -0.39 is 11.6 Å². The summed E-state index contributed by atoms with van der Waals surface area (Å²) in [6.45, 7) is 0. The fourth-order valence-electron chi connectivity index (χ4n) is 2.34. The number of nitrogens with one attached hydrogen (secondary N) is 2. The number of rotatable bonds is 4. The van der Waals surface area contributed by atoms with E-state index in [1.807, 2.05) is 24.3 Å². The minimum Gasteiger partial charge on any atom is -0.393 e. The standard InChI is InChI=1S/C17H12F2N6S/c18-9-5-6-10(19)12(7-9)23-15-14(20)16(22-8-21-15)25-17-24-11-3-1-2-4-13(11)26-17/h1-8H,20H2,(H2,21,22,23,24,25). The van der Waals surface area contributed by atoms with Crippen LogP contribution in [0.4, 0.5) is 36.9 Å². The Kier molecular flexibility index (Phi) is 4.05. The largest absolute Gasteiger partial charge is 0.393 e. The van der Waals surface area contributed by atoms with Crippen LogP contribution in [0.15, 0.2) is 48.8 Å². The number of nitrogens with two attached hydrogens (primary N) is 1. The molecule has 0 spiro atoms. The molecule has 0 saturated carbocycles. The van der Waals surface area contributed by atoms with Gasteiger partial charge in [-0.25, -0.2) is 23.7 Å². The zero-order valence-electron chi connectivity index (χ0n) is 13.2. The maximum atomic E-state index is 13.8. The first-order valence-corrected chi connectivity index (χ1v) is 8.37. The number of hydrogen-bond donors (Lipinski definition) is 3. The van der Waals surface area contributed by atoms with Gasteiger partial charge < -0.3 is 16.4 Å². The molecule has 4 N–H and O–H groups in total. The van der Waals surface area contributed by atoms with Gasteiger partial charge in [-0.15, -0.1) is 0 Å². The minimum atomic E-state index is -0.620. The van der Waals surface area contributed by atoms with E-state index in [4.69, 9.17) is 5.73 Å². The minimum absolute atomic E-state index is 0.0682. The molecule has 0 fully saturated rings. The van der Waals surface area contributed by atoms with Crippen molar-refractivity contribution < 1.29 is 8.78 Å². The number of fused-ring (bicyclic) bond motifs is 1. The average Bonchev–Trinajstić information content (AvgIpc) is 3.04. The number of halogens is 2. The Balaban J connectivity index is 1.64. The van der Waals surface area contributed by atoms with Gasteiger partial charge in [-0.1, -0.05) is 23.5 Å². The van der Waals surface area contributed by atoms with Crippen LogP contribution >= 0.6 is 11.3 Å². The van der Waals surface area contributed by atoms with Crippen molar-refractivity contribution in [3.63, 3.8) is 0 Å². The smallest absolute Gasteiger partial charge is 0.189 e. The SMILES string of the molecule is Nc1c(Nc2nc3ccccc3s2)ncnc1Nc1cc(F)ccc1F. The van der Waals surface area contributed by atoms with Crippen molar-refractivity contribution in [3.05, 3.63) is 60.4 Å². The third-order valence-corrected chi connectivity index (χ3v) is 4.54. The average molecular weight is 370 g/mol. The van der Waals surface area contributed by atoms with Gasteiger partial charge in [-0.3, -0.25) is 0 Å². The Labute approximate surface area is 150 Å². The molecule has 0 aliphatic heterocycles. The predicted molar refractivity (Wildman–Crippen MR) is 99.0 cm³/mol. The molecule has 0 radical (unpaired) electrons. The molecular formula is C17H12F2N6S. The zero-order valence-corrected chi connectivity index (χ0v) is 14.0. The van der Waals surface area contributed by atoms with E-state index in [-0.39, 0.29) is 17.2 Å². The second kappa shape index (κ2) is 6.52. The molecule has 6 nitrogen and oxygen atoms in total. The number of nitrogen functional groups attached to an aromatic ring is 1. The van der Waals surface area contributed by atoms with Gasteiger partial charge in [0.2, 0.25) is 0 Å². The molecule has 4 aromatic rings. The molecule has 2 heterocycles. The molecule has 2 aromatic carbocycles. The summed E-state index contributed by atoms with van der Waals surface area (Å²) in [6, 6.07) is 10.8. The van der Waals surface area contributed by atoms with Crippen molar-refractivity contribution in [1.29, 1.82) is 0 Å². The molecule has 26 heavy (non-hydrogen) atoms. The highest BCUT2D eigenvalue weighted by Gasteiger charge is 2.13. The van der Waals surface area contributed by atoms with Crippen LogP contribution in [0, 0.1) is 11.6 Å². The van der Waals surface area contributed by atoms with Gasteiger partial charge in [-0.2, -0.15) is 0 Å². The molecule has 4 rings (SSSR count). The van der Waals surface area contributed by atoms with Crippen LogP contribution in [0.1, 0.15) is 0 Å². The van der Waals surface area contributed by atoms with E-state index in [2.05, 4.69) is 25.6 Å². The maximum Gasteiger partial charge on any atom is 0.189 e. The normalized spacial score (nSPS) is 10.8. The number of hydrogen-bond acceptors (Lipinski definition) is 7. The van der Waals surface area contributed by atoms with Crippen LogP contribution in [-0.2, 0) is 0 Å². The van der Waals surface area contributed by atoms with E-state index in [0.29, 0.717) is 10.9 Å². The first kappa shape index (κ1) is 16.2.